The normalized spacial score (nSPS) is 15.3. The third kappa shape index (κ3) is 4.92. The molecule has 3 aromatic rings. The van der Waals surface area contributed by atoms with E-state index in [4.69, 9.17) is 4.74 Å². The van der Waals surface area contributed by atoms with Crippen molar-refractivity contribution in [2.24, 2.45) is 0 Å². The molecule has 1 amide bonds. The van der Waals surface area contributed by atoms with E-state index in [0.29, 0.717) is 31.4 Å². The molecule has 0 radical (unpaired) electrons. The van der Waals surface area contributed by atoms with E-state index in [1.54, 1.807) is 18.7 Å². The molecule has 0 aliphatic carbocycles. The number of hydrogen-bond acceptors (Lipinski definition) is 7. The zero-order chi connectivity index (χ0) is 21.1. The number of nitrogens with zero attached hydrogens (tertiary/aromatic N) is 5. The number of fused-ring (bicyclic) bond motifs is 1. The average molecular weight is 409 g/mol. The molecule has 1 aliphatic heterocycles. The van der Waals surface area contributed by atoms with Gasteiger partial charge < -0.3 is 15.4 Å². The lowest BCUT2D eigenvalue weighted by atomic mass is 10.1. The molecule has 1 fully saturated rings. The van der Waals surface area contributed by atoms with E-state index in [0.717, 1.165) is 29.8 Å². The summed E-state index contributed by atoms with van der Waals surface area (Å²) in [5, 5.41) is 6.31. The van der Waals surface area contributed by atoms with E-state index >= 15 is 0 Å². The van der Waals surface area contributed by atoms with Crippen LogP contribution in [0.5, 0.6) is 0 Å². The van der Waals surface area contributed by atoms with Crippen LogP contribution in [0.2, 0.25) is 0 Å². The van der Waals surface area contributed by atoms with Crippen LogP contribution in [0, 0.1) is 0 Å². The number of benzene rings is 1. The van der Waals surface area contributed by atoms with Gasteiger partial charge in [-0.3, -0.25) is 19.2 Å². The minimum Gasteiger partial charge on any atom is -0.379 e. The maximum Gasteiger partial charge on any atom is 0.238 e. The SMILES string of the molecule is CC(C)(C)Nc1cncc(-n2cnc3ccc(NC(=O)CN4CCOCC4)cc32)n1. The molecule has 0 bridgehead atoms. The van der Waals surface area contributed by atoms with Crippen LogP contribution in [-0.4, -0.2) is 68.7 Å². The number of morpholine rings is 1. The molecule has 1 saturated heterocycles. The molecule has 0 unspecified atom stereocenters. The van der Waals surface area contributed by atoms with Crippen LogP contribution in [0.1, 0.15) is 20.8 Å². The number of ether oxygens (including phenoxy) is 1. The smallest absolute Gasteiger partial charge is 0.238 e. The fourth-order valence-corrected chi connectivity index (χ4v) is 3.35. The summed E-state index contributed by atoms with van der Waals surface area (Å²) in [7, 11) is 0. The van der Waals surface area contributed by atoms with Crippen molar-refractivity contribution in [1.29, 1.82) is 0 Å². The van der Waals surface area contributed by atoms with Gasteiger partial charge in [-0.25, -0.2) is 9.97 Å². The summed E-state index contributed by atoms with van der Waals surface area (Å²) in [4.78, 5) is 28.0. The van der Waals surface area contributed by atoms with E-state index in [9.17, 15) is 4.79 Å². The topological polar surface area (TPSA) is 97.2 Å². The largest absolute Gasteiger partial charge is 0.379 e. The number of anilines is 2. The molecule has 0 spiro atoms. The van der Waals surface area contributed by atoms with Crippen molar-refractivity contribution in [2.75, 3.05) is 43.5 Å². The van der Waals surface area contributed by atoms with Gasteiger partial charge in [0.2, 0.25) is 5.91 Å². The van der Waals surface area contributed by atoms with Crippen molar-refractivity contribution in [3.63, 3.8) is 0 Å². The highest BCUT2D eigenvalue weighted by Gasteiger charge is 2.15. The Morgan fingerprint density at radius 1 is 1.20 bits per heavy atom. The van der Waals surface area contributed by atoms with E-state index in [1.807, 2.05) is 22.8 Å². The highest BCUT2D eigenvalue weighted by atomic mass is 16.5. The van der Waals surface area contributed by atoms with Crippen molar-refractivity contribution in [1.82, 2.24) is 24.4 Å². The van der Waals surface area contributed by atoms with Gasteiger partial charge >= 0.3 is 0 Å². The van der Waals surface area contributed by atoms with Crippen molar-refractivity contribution < 1.29 is 9.53 Å². The lowest BCUT2D eigenvalue weighted by Gasteiger charge is -2.25. The maximum atomic E-state index is 12.4. The Balaban J connectivity index is 1.54. The van der Waals surface area contributed by atoms with Gasteiger partial charge in [0.1, 0.15) is 12.1 Å². The first-order valence-corrected chi connectivity index (χ1v) is 10.0. The molecule has 4 rings (SSSR count). The summed E-state index contributed by atoms with van der Waals surface area (Å²) in [6, 6.07) is 5.66. The van der Waals surface area contributed by atoms with Crippen LogP contribution >= 0.6 is 0 Å². The lowest BCUT2D eigenvalue weighted by molar-refractivity contribution is -0.118. The summed E-state index contributed by atoms with van der Waals surface area (Å²) in [6.45, 7) is 9.45. The number of carbonyl (C=O) groups is 1. The van der Waals surface area contributed by atoms with Crippen LogP contribution in [0.25, 0.3) is 16.9 Å². The molecular formula is C21H27N7O2. The Morgan fingerprint density at radius 3 is 2.77 bits per heavy atom. The second-order valence-electron chi connectivity index (χ2n) is 8.39. The van der Waals surface area contributed by atoms with E-state index in [2.05, 4.69) is 51.3 Å². The van der Waals surface area contributed by atoms with Gasteiger partial charge in [0.25, 0.3) is 0 Å². The van der Waals surface area contributed by atoms with Crippen molar-refractivity contribution in [3.8, 4) is 5.82 Å². The molecule has 158 valence electrons. The summed E-state index contributed by atoms with van der Waals surface area (Å²) in [5.74, 6) is 1.30. The standard InChI is InChI=1S/C21H27N7O2/c1-21(2,3)26-18-11-22-12-19(25-18)28-14-23-16-5-4-15(10-17(16)28)24-20(29)13-27-6-8-30-9-7-27/h4-5,10-12,14H,6-9,13H2,1-3H3,(H,24,29)(H,25,26). The molecule has 2 N–H and O–H groups in total. The Hall–Kier alpha value is -3.04. The highest BCUT2D eigenvalue weighted by molar-refractivity contribution is 5.94. The average Bonchev–Trinajstić information content (AvgIpc) is 3.11. The minimum absolute atomic E-state index is 0.0431. The summed E-state index contributed by atoms with van der Waals surface area (Å²) in [6.07, 6.45) is 5.11. The molecule has 2 aromatic heterocycles. The first kappa shape index (κ1) is 20.2. The van der Waals surface area contributed by atoms with Crippen molar-refractivity contribution >= 4 is 28.4 Å². The van der Waals surface area contributed by atoms with Gasteiger partial charge in [-0.15, -0.1) is 0 Å². The molecular weight excluding hydrogens is 382 g/mol. The van der Waals surface area contributed by atoms with Crippen LogP contribution < -0.4 is 10.6 Å². The van der Waals surface area contributed by atoms with Crippen LogP contribution in [0.15, 0.2) is 36.9 Å². The molecule has 0 saturated carbocycles. The summed E-state index contributed by atoms with van der Waals surface area (Å²) >= 11 is 0. The molecule has 3 heterocycles. The highest BCUT2D eigenvalue weighted by Crippen LogP contribution is 2.22. The van der Waals surface area contributed by atoms with Gasteiger partial charge in [-0.05, 0) is 39.0 Å². The third-order valence-corrected chi connectivity index (χ3v) is 4.67. The van der Waals surface area contributed by atoms with Crippen LogP contribution in [0.4, 0.5) is 11.5 Å². The molecule has 30 heavy (non-hydrogen) atoms. The number of carbonyl (C=O) groups excluding carboxylic acids is 1. The van der Waals surface area contributed by atoms with Gasteiger partial charge in [0.15, 0.2) is 5.82 Å². The fraction of sp³-hybridized carbons (Fsp3) is 0.429. The Bertz CT molecular complexity index is 1040. The summed E-state index contributed by atoms with van der Waals surface area (Å²) < 4.78 is 7.20. The Kier molecular flexibility index (Phi) is 5.65. The quantitative estimate of drug-likeness (QED) is 0.667. The van der Waals surface area contributed by atoms with Crippen molar-refractivity contribution in [3.05, 3.63) is 36.9 Å². The van der Waals surface area contributed by atoms with Gasteiger partial charge in [-0.2, -0.15) is 0 Å². The predicted octanol–water partition coefficient (Wildman–Crippen LogP) is 2.30. The lowest BCUT2D eigenvalue weighted by Crippen LogP contribution is -2.41. The monoisotopic (exact) mass is 409 g/mol. The number of nitrogens with one attached hydrogen (secondary N) is 2. The van der Waals surface area contributed by atoms with E-state index in [1.165, 1.54) is 0 Å². The van der Waals surface area contributed by atoms with Gasteiger partial charge in [-0.1, -0.05) is 0 Å². The number of rotatable bonds is 5. The van der Waals surface area contributed by atoms with E-state index in [-0.39, 0.29) is 11.4 Å². The first-order chi connectivity index (χ1) is 14.4. The van der Waals surface area contributed by atoms with Crippen LogP contribution in [0.3, 0.4) is 0 Å². The van der Waals surface area contributed by atoms with Gasteiger partial charge in [0.05, 0.1) is 43.2 Å². The maximum absolute atomic E-state index is 12.4. The fourth-order valence-electron chi connectivity index (χ4n) is 3.35. The number of imidazole rings is 1. The third-order valence-electron chi connectivity index (χ3n) is 4.67. The van der Waals surface area contributed by atoms with Crippen molar-refractivity contribution in [2.45, 2.75) is 26.3 Å². The second-order valence-corrected chi connectivity index (χ2v) is 8.39. The Morgan fingerprint density at radius 2 is 2.00 bits per heavy atom. The molecule has 9 heteroatoms. The molecule has 0 atom stereocenters. The molecule has 1 aliphatic rings. The zero-order valence-electron chi connectivity index (χ0n) is 17.6. The second kappa shape index (κ2) is 8.37. The number of amides is 1. The number of aromatic nitrogens is 4. The predicted molar refractivity (Wildman–Crippen MR) is 116 cm³/mol. The minimum atomic E-state index is -0.123. The van der Waals surface area contributed by atoms with E-state index < -0.39 is 0 Å². The Labute approximate surface area is 175 Å². The van der Waals surface area contributed by atoms with Crippen LogP contribution in [-0.2, 0) is 9.53 Å². The number of hydrogen-bond donors (Lipinski definition) is 2. The zero-order valence-corrected chi connectivity index (χ0v) is 17.6. The first-order valence-electron chi connectivity index (χ1n) is 10.0. The molecule has 9 nitrogen and oxygen atoms in total. The van der Waals surface area contributed by atoms with Gasteiger partial charge in [0, 0.05) is 24.3 Å². The summed E-state index contributed by atoms with van der Waals surface area (Å²) in [5.41, 5.74) is 2.26. The molecule has 1 aromatic carbocycles.